The summed E-state index contributed by atoms with van der Waals surface area (Å²) in [5.41, 5.74) is 3.47. The number of hydrogen-bond acceptors (Lipinski definition) is 7. The maximum atomic E-state index is 14.2. The fraction of sp³-hybridized carbons (Fsp3) is 0.654. The molecule has 0 unspecified atom stereocenters. The Labute approximate surface area is 205 Å². The Morgan fingerprint density at radius 2 is 1.91 bits per heavy atom. The van der Waals surface area contributed by atoms with Gasteiger partial charge < -0.3 is 37.9 Å². The van der Waals surface area contributed by atoms with Crippen LogP contribution in [-0.4, -0.2) is 70.8 Å². The van der Waals surface area contributed by atoms with Gasteiger partial charge in [0, 0.05) is 24.2 Å². The predicted octanol–water partition coefficient (Wildman–Crippen LogP) is 2.92. The van der Waals surface area contributed by atoms with E-state index in [-0.39, 0.29) is 5.91 Å². The minimum atomic E-state index is -1.57. The van der Waals surface area contributed by atoms with Crippen LogP contribution in [0.5, 0.6) is 0 Å². The zero-order valence-electron chi connectivity index (χ0n) is 21.0. The number of aromatic nitrogens is 1. The number of benzene rings is 1. The molecular formula is C26H34N2O7. The Balaban J connectivity index is 1.34. The second kappa shape index (κ2) is 7.99. The average molecular weight is 487 g/mol. The van der Waals surface area contributed by atoms with Gasteiger partial charge in [0.15, 0.2) is 17.7 Å². The SMILES string of the molecule is CCOCn1c2c(c3ccccc31)CCN(C(=O)[C@@]13O[C@H]4COC(C)(C)O[C@H]4[C@@H]1OC(C)(C)O3)C2. The Hall–Kier alpha value is -2.01. The van der Waals surface area contributed by atoms with Gasteiger partial charge >= 0.3 is 0 Å². The van der Waals surface area contributed by atoms with E-state index in [1.807, 2.05) is 31.7 Å². The Morgan fingerprint density at radius 1 is 1.11 bits per heavy atom. The van der Waals surface area contributed by atoms with E-state index in [0.29, 0.717) is 33.0 Å². The number of ether oxygens (including phenoxy) is 6. The molecule has 1 aromatic carbocycles. The first-order valence-electron chi connectivity index (χ1n) is 12.5. The summed E-state index contributed by atoms with van der Waals surface area (Å²) < 4.78 is 38.8. The minimum absolute atomic E-state index is 0.234. The average Bonchev–Trinajstić information content (AvgIpc) is 3.39. The van der Waals surface area contributed by atoms with Gasteiger partial charge in [-0.3, -0.25) is 4.79 Å². The number of rotatable bonds is 4. The van der Waals surface area contributed by atoms with E-state index in [1.54, 1.807) is 13.8 Å². The van der Waals surface area contributed by atoms with Gasteiger partial charge in [0.1, 0.15) is 18.9 Å². The van der Waals surface area contributed by atoms with Gasteiger partial charge in [-0.15, -0.1) is 0 Å². The van der Waals surface area contributed by atoms with Crippen molar-refractivity contribution in [3.8, 4) is 0 Å². The summed E-state index contributed by atoms with van der Waals surface area (Å²) in [4.78, 5) is 16.0. The van der Waals surface area contributed by atoms with Crippen LogP contribution in [0.25, 0.3) is 10.9 Å². The van der Waals surface area contributed by atoms with Crippen LogP contribution >= 0.6 is 0 Å². The van der Waals surface area contributed by atoms with Crippen molar-refractivity contribution in [2.24, 2.45) is 0 Å². The zero-order valence-corrected chi connectivity index (χ0v) is 21.0. The summed E-state index contributed by atoms with van der Waals surface area (Å²) in [6, 6.07) is 8.33. The molecule has 4 aliphatic rings. The van der Waals surface area contributed by atoms with Gasteiger partial charge in [0.2, 0.25) is 0 Å². The van der Waals surface area contributed by atoms with Gasteiger partial charge in [0.25, 0.3) is 11.7 Å². The van der Waals surface area contributed by atoms with Crippen molar-refractivity contribution in [1.82, 2.24) is 9.47 Å². The van der Waals surface area contributed by atoms with E-state index in [0.717, 1.165) is 17.6 Å². The highest BCUT2D eigenvalue weighted by molar-refractivity contribution is 5.88. The van der Waals surface area contributed by atoms with E-state index in [4.69, 9.17) is 28.4 Å². The molecule has 0 bridgehead atoms. The molecule has 0 aliphatic carbocycles. The number of para-hydroxylation sites is 1. The highest BCUT2D eigenvalue weighted by Gasteiger charge is 2.71. The van der Waals surface area contributed by atoms with Crippen LogP contribution in [0, 0.1) is 0 Å². The zero-order chi connectivity index (χ0) is 24.6. The van der Waals surface area contributed by atoms with Crippen molar-refractivity contribution in [2.75, 3.05) is 19.8 Å². The summed E-state index contributed by atoms with van der Waals surface area (Å²) >= 11 is 0. The summed E-state index contributed by atoms with van der Waals surface area (Å²) in [6.45, 7) is 11.7. The van der Waals surface area contributed by atoms with Crippen molar-refractivity contribution < 1.29 is 33.2 Å². The van der Waals surface area contributed by atoms with Crippen molar-refractivity contribution >= 4 is 16.8 Å². The maximum Gasteiger partial charge on any atom is 0.286 e. The van der Waals surface area contributed by atoms with Crippen LogP contribution in [0.3, 0.4) is 0 Å². The second-order valence-electron chi connectivity index (χ2n) is 10.6. The van der Waals surface area contributed by atoms with Gasteiger partial charge in [0.05, 0.1) is 18.7 Å². The molecule has 35 heavy (non-hydrogen) atoms. The highest BCUT2D eigenvalue weighted by atomic mass is 16.9. The number of fused-ring (bicyclic) bond motifs is 6. The van der Waals surface area contributed by atoms with Crippen molar-refractivity contribution in [1.29, 1.82) is 0 Å². The molecule has 1 amide bonds. The number of nitrogens with zero attached hydrogens (tertiary/aromatic N) is 2. The van der Waals surface area contributed by atoms with Gasteiger partial charge in [-0.25, -0.2) is 0 Å². The lowest BCUT2D eigenvalue weighted by atomic mass is 9.99. The lowest BCUT2D eigenvalue weighted by Crippen LogP contribution is -2.56. The molecule has 2 aromatic rings. The minimum Gasteiger partial charge on any atom is -0.361 e. The molecular weight excluding hydrogens is 452 g/mol. The summed E-state index contributed by atoms with van der Waals surface area (Å²) in [7, 11) is 0. The lowest BCUT2D eigenvalue weighted by molar-refractivity contribution is -0.325. The fourth-order valence-corrected chi connectivity index (χ4v) is 5.94. The third-order valence-corrected chi connectivity index (χ3v) is 7.37. The van der Waals surface area contributed by atoms with Crippen LogP contribution in [0.4, 0.5) is 0 Å². The number of amides is 1. The Morgan fingerprint density at radius 3 is 2.71 bits per heavy atom. The van der Waals surface area contributed by atoms with Gasteiger partial charge in [-0.1, -0.05) is 18.2 Å². The molecule has 0 spiro atoms. The molecule has 9 nitrogen and oxygen atoms in total. The topological polar surface area (TPSA) is 80.6 Å². The molecule has 0 saturated carbocycles. The largest absolute Gasteiger partial charge is 0.361 e. The molecule has 4 atom stereocenters. The van der Waals surface area contributed by atoms with Crippen LogP contribution in [-0.2, 0) is 52.9 Å². The van der Waals surface area contributed by atoms with E-state index >= 15 is 0 Å². The highest BCUT2D eigenvalue weighted by Crippen LogP contribution is 2.50. The molecule has 5 heterocycles. The molecule has 1 aromatic heterocycles. The monoisotopic (exact) mass is 486 g/mol. The van der Waals surface area contributed by atoms with Crippen LogP contribution in [0.2, 0.25) is 0 Å². The number of carbonyl (C=O) groups excluding carboxylic acids is 1. The molecule has 3 fully saturated rings. The molecule has 3 saturated heterocycles. The first-order chi connectivity index (χ1) is 16.6. The third kappa shape index (κ3) is 3.63. The maximum absolute atomic E-state index is 14.2. The van der Waals surface area contributed by atoms with E-state index in [9.17, 15) is 4.79 Å². The molecule has 6 rings (SSSR count). The molecule has 0 radical (unpaired) electrons. The standard InChI is InChI=1S/C26H34N2O7/c1-6-30-15-28-18-10-8-7-9-16(18)17-11-12-27(13-19(17)28)23(29)26-22(34-25(4,5)35-26)21-20(32-26)14-31-24(2,3)33-21/h7-10,20-22H,6,11-15H2,1-5H3/t20-,21+,22-,26+/m0/s1. The summed E-state index contributed by atoms with van der Waals surface area (Å²) in [6.07, 6.45) is -0.855. The van der Waals surface area contributed by atoms with Crippen LogP contribution in [0.1, 0.15) is 45.9 Å². The predicted molar refractivity (Wildman–Crippen MR) is 125 cm³/mol. The first-order valence-corrected chi connectivity index (χ1v) is 12.5. The van der Waals surface area contributed by atoms with Crippen molar-refractivity contribution in [3.63, 3.8) is 0 Å². The van der Waals surface area contributed by atoms with E-state index in [2.05, 4.69) is 22.8 Å². The Bertz CT molecular complexity index is 1160. The molecule has 190 valence electrons. The fourth-order valence-electron chi connectivity index (χ4n) is 5.94. The molecule has 4 aliphatic heterocycles. The van der Waals surface area contributed by atoms with Gasteiger partial charge in [-0.05, 0) is 52.7 Å². The van der Waals surface area contributed by atoms with E-state index < -0.39 is 35.7 Å². The van der Waals surface area contributed by atoms with Crippen molar-refractivity contribution in [3.05, 3.63) is 35.5 Å². The second-order valence-corrected chi connectivity index (χ2v) is 10.6. The Kier molecular flexibility index (Phi) is 5.34. The summed E-state index contributed by atoms with van der Waals surface area (Å²) in [5.74, 6) is -3.58. The molecule has 9 heteroatoms. The quantitative estimate of drug-likeness (QED) is 0.657. The molecule has 0 N–H and O–H groups in total. The van der Waals surface area contributed by atoms with Crippen LogP contribution < -0.4 is 0 Å². The van der Waals surface area contributed by atoms with Crippen LogP contribution in [0.15, 0.2) is 24.3 Å². The normalized spacial score (nSPS) is 32.9. The smallest absolute Gasteiger partial charge is 0.286 e. The van der Waals surface area contributed by atoms with Crippen molar-refractivity contribution in [2.45, 2.75) is 90.0 Å². The first kappa shape index (κ1) is 23.4. The number of carbonyl (C=O) groups is 1. The van der Waals surface area contributed by atoms with E-state index in [1.165, 1.54) is 10.9 Å². The summed E-state index contributed by atoms with van der Waals surface area (Å²) in [5, 5.41) is 1.21. The third-order valence-electron chi connectivity index (χ3n) is 7.37. The number of hydrogen-bond donors (Lipinski definition) is 0. The van der Waals surface area contributed by atoms with Gasteiger partial charge in [-0.2, -0.15) is 0 Å². The lowest BCUT2D eigenvalue weighted by Gasteiger charge is -2.38.